The van der Waals surface area contributed by atoms with Gasteiger partial charge in [0.05, 0.1) is 0 Å². The van der Waals surface area contributed by atoms with Crippen molar-refractivity contribution in [3.63, 3.8) is 0 Å². The van der Waals surface area contributed by atoms with Gasteiger partial charge in [0.25, 0.3) is 0 Å². The van der Waals surface area contributed by atoms with Crippen LogP contribution in [0.3, 0.4) is 0 Å². The van der Waals surface area contributed by atoms with Crippen molar-refractivity contribution in [2.45, 2.75) is 32.6 Å². The number of likely N-dealkylation sites (N-methyl/N-ethyl adjacent to an activating group) is 1. The van der Waals surface area contributed by atoms with E-state index in [-0.39, 0.29) is 0 Å². The minimum atomic E-state index is 1.22. The van der Waals surface area contributed by atoms with Gasteiger partial charge in [-0.25, -0.2) is 0 Å². The van der Waals surface area contributed by atoms with E-state index in [1.807, 2.05) is 0 Å². The van der Waals surface area contributed by atoms with Gasteiger partial charge in [-0.3, -0.25) is 0 Å². The van der Waals surface area contributed by atoms with Crippen LogP contribution < -0.4 is 4.90 Å². The number of piperazine rings is 1. The number of hydrogen-bond donors (Lipinski definition) is 0. The molecule has 1 aromatic rings. The third-order valence-corrected chi connectivity index (χ3v) is 5.31. The maximum absolute atomic E-state index is 2.62. The zero-order valence-electron chi connectivity index (χ0n) is 14.4. The van der Waals surface area contributed by atoms with Crippen molar-refractivity contribution in [2.75, 3.05) is 57.8 Å². The van der Waals surface area contributed by atoms with Gasteiger partial charge >= 0.3 is 0 Å². The Morgan fingerprint density at radius 3 is 2.36 bits per heavy atom. The lowest BCUT2D eigenvalue weighted by atomic mass is 10.0. The first kappa shape index (κ1) is 15.8. The van der Waals surface area contributed by atoms with E-state index in [9.17, 15) is 0 Å². The summed E-state index contributed by atoms with van der Waals surface area (Å²) in [6, 6.07) is 7.10. The van der Waals surface area contributed by atoms with Gasteiger partial charge in [0.2, 0.25) is 0 Å². The summed E-state index contributed by atoms with van der Waals surface area (Å²) in [5, 5.41) is 0. The van der Waals surface area contributed by atoms with Crippen LogP contribution in [0.4, 0.5) is 5.69 Å². The predicted octanol–water partition coefficient (Wildman–Crippen LogP) is 2.78. The van der Waals surface area contributed by atoms with E-state index in [2.05, 4.69) is 46.9 Å². The molecule has 2 aliphatic heterocycles. The molecule has 0 spiro atoms. The van der Waals surface area contributed by atoms with Crippen molar-refractivity contribution in [3.05, 3.63) is 29.3 Å². The molecule has 0 amide bonds. The summed E-state index contributed by atoms with van der Waals surface area (Å²) in [5.41, 5.74) is 4.44. The fourth-order valence-corrected chi connectivity index (χ4v) is 3.70. The van der Waals surface area contributed by atoms with Crippen molar-refractivity contribution in [1.82, 2.24) is 9.80 Å². The van der Waals surface area contributed by atoms with E-state index in [0.29, 0.717) is 0 Å². The molecule has 3 rings (SSSR count). The zero-order valence-corrected chi connectivity index (χ0v) is 14.4. The molecule has 2 heterocycles. The maximum atomic E-state index is 2.62. The molecule has 0 atom stereocenters. The third kappa shape index (κ3) is 4.02. The first-order chi connectivity index (χ1) is 10.7. The Labute approximate surface area is 135 Å². The summed E-state index contributed by atoms with van der Waals surface area (Å²) in [5.74, 6) is 0. The molecule has 0 N–H and O–H groups in total. The highest BCUT2D eigenvalue weighted by Gasteiger charge is 2.14. The van der Waals surface area contributed by atoms with Crippen LogP contribution in [0.2, 0.25) is 0 Å². The molecule has 0 unspecified atom stereocenters. The summed E-state index contributed by atoms with van der Waals surface area (Å²) in [6.07, 6.45) is 5.21. The van der Waals surface area contributed by atoms with E-state index in [1.165, 1.54) is 88.3 Å². The van der Waals surface area contributed by atoms with Gasteiger partial charge in [-0.2, -0.15) is 0 Å². The molecule has 1 aromatic carbocycles. The highest BCUT2D eigenvalue weighted by molar-refractivity contribution is 5.51. The van der Waals surface area contributed by atoms with Gasteiger partial charge in [-0.05, 0) is 69.5 Å². The Morgan fingerprint density at radius 2 is 1.68 bits per heavy atom. The highest BCUT2D eigenvalue weighted by Crippen LogP contribution is 2.23. The maximum Gasteiger partial charge on any atom is 0.0369 e. The quantitative estimate of drug-likeness (QED) is 0.828. The first-order valence-electron chi connectivity index (χ1n) is 8.98. The van der Waals surface area contributed by atoms with Crippen LogP contribution in [-0.2, 0) is 6.42 Å². The topological polar surface area (TPSA) is 9.72 Å². The number of benzene rings is 1. The molecule has 3 nitrogen and oxygen atoms in total. The molecule has 3 heteroatoms. The van der Waals surface area contributed by atoms with E-state index < -0.39 is 0 Å². The molecular weight excluding hydrogens is 270 g/mol. The summed E-state index contributed by atoms with van der Waals surface area (Å²) in [7, 11) is 2.22. The van der Waals surface area contributed by atoms with Crippen LogP contribution in [0.25, 0.3) is 0 Å². The van der Waals surface area contributed by atoms with Crippen LogP contribution >= 0.6 is 0 Å². The molecule has 2 saturated heterocycles. The second-order valence-electron chi connectivity index (χ2n) is 7.05. The lowest BCUT2D eigenvalue weighted by Gasteiger charge is -2.32. The first-order valence-corrected chi connectivity index (χ1v) is 8.98. The SMILES string of the molecule is Cc1cc(N2CCCC2)ccc1CCCN1CCN(C)CC1. The van der Waals surface area contributed by atoms with E-state index in [4.69, 9.17) is 0 Å². The van der Waals surface area contributed by atoms with Gasteiger partial charge in [0.1, 0.15) is 0 Å². The number of aryl methyl sites for hydroxylation is 2. The average Bonchev–Trinajstić information content (AvgIpc) is 3.05. The Hall–Kier alpha value is -1.06. The van der Waals surface area contributed by atoms with Gasteiger partial charge in [0.15, 0.2) is 0 Å². The van der Waals surface area contributed by atoms with Crippen molar-refractivity contribution < 1.29 is 0 Å². The minimum Gasteiger partial charge on any atom is -0.372 e. The van der Waals surface area contributed by atoms with E-state index in [1.54, 1.807) is 0 Å². The molecule has 2 fully saturated rings. The Morgan fingerprint density at radius 1 is 0.955 bits per heavy atom. The largest absolute Gasteiger partial charge is 0.372 e. The fraction of sp³-hybridized carbons (Fsp3) is 0.684. The summed E-state index contributed by atoms with van der Waals surface area (Å²) in [4.78, 5) is 7.58. The normalized spacial score (nSPS) is 20.7. The second kappa shape index (κ2) is 7.47. The van der Waals surface area contributed by atoms with Crippen LogP contribution in [0.1, 0.15) is 30.4 Å². The molecular formula is C19H31N3. The lowest BCUT2D eigenvalue weighted by Crippen LogP contribution is -2.44. The monoisotopic (exact) mass is 301 g/mol. The Bertz CT molecular complexity index is 472. The molecule has 22 heavy (non-hydrogen) atoms. The molecule has 0 radical (unpaired) electrons. The van der Waals surface area contributed by atoms with Crippen LogP contribution in [-0.4, -0.2) is 62.7 Å². The third-order valence-electron chi connectivity index (χ3n) is 5.31. The van der Waals surface area contributed by atoms with Crippen LogP contribution in [0, 0.1) is 6.92 Å². The minimum absolute atomic E-state index is 1.22. The van der Waals surface area contributed by atoms with E-state index >= 15 is 0 Å². The molecule has 2 aliphatic rings. The van der Waals surface area contributed by atoms with Crippen molar-refractivity contribution in [1.29, 1.82) is 0 Å². The molecule has 0 aliphatic carbocycles. The zero-order chi connectivity index (χ0) is 15.4. The second-order valence-corrected chi connectivity index (χ2v) is 7.05. The van der Waals surface area contributed by atoms with Gasteiger partial charge < -0.3 is 14.7 Å². The fourth-order valence-electron chi connectivity index (χ4n) is 3.70. The van der Waals surface area contributed by atoms with Crippen LogP contribution in [0.15, 0.2) is 18.2 Å². The van der Waals surface area contributed by atoms with Gasteiger partial charge in [-0.1, -0.05) is 6.07 Å². The van der Waals surface area contributed by atoms with Crippen molar-refractivity contribution in [3.8, 4) is 0 Å². The number of nitrogens with zero attached hydrogens (tertiary/aromatic N) is 3. The summed E-state index contributed by atoms with van der Waals surface area (Å²) in [6.45, 7) is 10.9. The summed E-state index contributed by atoms with van der Waals surface area (Å²) < 4.78 is 0. The van der Waals surface area contributed by atoms with E-state index in [0.717, 1.165) is 0 Å². The Kier molecular flexibility index (Phi) is 5.37. The predicted molar refractivity (Wildman–Crippen MR) is 94.9 cm³/mol. The number of anilines is 1. The van der Waals surface area contributed by atoms with Gasteiger partial charge in [0, 0.05) is 45.0 Å². The molecule has 0 aromatic heterocycles. The lowest BCUT2D eigenvalue weighted by molar-refractivity contribution is 0.153. The smallest absolute Gasteiger partial charge is 0.0369 e. The average molecular weight is 301 g/mol. The molecule has 122 valence electrons. The van der Waals surface area contributed by atoms with Gasteiger partial charge in [-0.15, -0.1) is 0 Å². The Balaban J connectivity index is 1.48. The van der Waals surface area contributed by atoms with Crippen molar-refractivity contribution in [2.24, 2.45) is 0 Å². The number of hydrogen-bond acceptors (Lipinski definition) is 3. The summed E-state index contributed by atoms with van der Waals surface area (Å²) >= 11 is 0. The number of rotatable bonds is 5. The standard InChI is InChI=1S/C19H31N3/c1-17-16-19(22-10-3-4-11-22)8-7-18(17)6-5-9-21-14-12-20(2)13-15-21/h7-8,16H,3-6,9-15H2,1-2H3. The van der Waals surface area contributed by atoms with Crippen molar-refractivity contribution >= 4 is 5.69 Å². The van der Waals surface area contributed by atoms with Crippen LogP contribution in [0.5, 0.6) is 0 Å². The molecule has 0 saturated carbocycles. The highest BCUT2D eigenvalue weighted by atomic mass is 15.2. The molecule has 0 bridgehead atoms.